The van der Waals surface area contributed by atoms with Gasteiger partial charge in [-0.05, 0) is 35.6 Å². The smallest absolute Gasteiger partial charge is 0.370 e. The summed E-state index contributed by atoms with van der Waals surface area (Å²) < 4.78 is 0. The van der Waals surface area contributed by atoms with Gasteiger partial charge in [0.2, 0.25) is 0 Å². The molecule has 206 valence electrons. The van der Waals surface area contributed by atoms with Crippen LogP contribution in [0.1, 0.15) is 79.6 Å². The normalized spacial score (nSPS) is 10.7. The Balaban J connectivity index is 0.000000318. The molecule has 0 fully saturated rings. The summed E-state index contributed by atoms with van der Waals surface area (Å²) in [6.45, 7) is 16.4. The minimum Gasteiger partial charge on any atom is -0.370 e. The van der Waals surface area contributed by atoms with Gasteiger partial charge in [0.1, 0.15) is 5.78 Å². The summed E-state index contributed by atoms with van der Waals surface area (Å²) >= 11 is 0. The van der Waals surface area contributed by atoms with E-state index in [-0.39, 0.29) is 36.7 Å². The number of ketones is 1. The zero-order chi connectivity index (χ0) is 28.2. The third-order valence-corrected chi connectivity index (χ3v) is 5.51. The molecule has 4 rings (SSSR count). The van der Waals surface area contributed by atoms with Crippen LogP contribution < -0.4 is 0 Å². The van der Waals surface area contributed by atoms with E-state index in [0.717, 1.165) is 46.7 Å². The standard InChI is InChI=1S/2C14H15N2.C5H10O.Ir/c2*1-14(2,3)13-9-12(15-10-16-13)11-7-5-4-6-8-11;1-3-4-5(2)6;/h2*4-9H,1-3H3;3-4H2,1-2H3;/q2*-1;;+3. The number of nitrogens with zero attached hydrogens (tertiary/aromatic N) is 4. The van der Waals surface area contributed by atoms with Gasteiger partial charge >= 0.3 is 20.1 Å². The Morgan fingerprint density at radius 3 is 1.28 bits per heavy atom. The van der Waals surface area contributed by atoms with E-state index in [1.54, 1.807) is 6.92 Å². The van der Waals surface area contributed by atoms with Crippen LogP contribution in [-0.2, 0) is 35.7 Å². The minimum absolute atomic E-state index is 0. The molecule has 4 aromatic rings. The van der Waals surface area contributed by atoms with Crippen LogP contribution in [0.4, 0.5) is 0 Å². The molecule has 5 nitrogen and oxygen atoms in total. The van der Waals surface area contributed by atoms with E-state index in [1.807, 2.05) is 79.7 Å². The quantitative estimate of drug-likeness (QED) is 0.203. The third-order valence-electron chi connectivity index (χ3n) is 5.51. The summed E-state index contributed by atoms with van der Waals surface area (Å²) in [6, 6.07) is 24.3. The van der Waals surface area contributed by atoms with Crippen LogP contribution >= 0.6 is 0 Å². The van der Waals surface area contributed by atoms with Crippen molar-refractivity contribution in [3.63, 3.8) is 0 Å². The molecule has 0 aliphatic heterocycles. The van der Waals surface area contributed by atoms with Gasteiger partial charge in [-0.25, -0.2) is 0 Å². The zero-order valence-electron chi connectivity index (χ0n) is 24.4. The monoisotopic (exact) mass is 701 g/mol. The van der Waals surface area contributed by atoms with E-state index in [9.17, 15) is 4.79 Å². The Hall–Kier alpha value is -3.08. The van der Waals surface area contributed by atoms with Gasteiger partial charge in [-0.2, -0.15) is 0 Å². The van der Waals surface area contributed by atoms with E-state index in [1.165, 1.54) is 0 Å². The second kappa shape index (κ2) is 16.1. The zero-order valence-corrected chi connectivity index (χ0v) is 26.8. The van der Waals surface area contributed by atoms with Gasteiger partial charge in [0.25, 0.3) is 0 Å². The molecule has 0 spiro atoms. The van der Waals surface area contributed by atoms with Crippen molar-refractivity contribution in [1.29, 1.82) is 0 Å². The van der Waals surface area contributed by atoms with Crippen LogP contribution in [0.15, 0.2) is 72.8 Å². The maximum atomic E-state index is 10.0. The fourth-order valence-corrected chi connectivity index (χ4v) is 3.29. The van der Waals surface area contributed by atoms with Crippen LogP contribution in [-0.4, -0.2) is 25.7 Å². The number of aromatic nitrogens is 4. The van der Waals surface area contributed by atoms with Crippen molar-refractivity contribution in [2.75, 3.05) is 0 Å². The number of carbonyl (C=O) groups is 1. The summed E-state index contributed by atoms with van der Waals surface area (Å²) in [4.78, 5) is 26.8. The van der Waals surface area contributed by atoms with E-state index < -0.39 is 0 Å². The first-order valence-corrected chi connectivity index (χ1v) is 13.0. The minimum atomic E-state index is 0. The van der Waals surface area contributed by atoms with E-state index in [0.29, 0.717) is 0 Å². The third kappa shape index (κ3) is 12.1. The average molecular weight is 701 g/mol. The first-order chi connectivity index (χ1) is 17.9. The van der Waals surface area contributed by atoms with Crippen molar-refractivity contribution >= 4 is 5.78 Å². The number of carbonyl (C=O) groups excluding carboxylic acids is 1. The van der Waals surface area contributed by atoms with Crippen molar-refractivity contribution in [2.45, 2.75) is 79.1 Å². The largest absolute Gasteiger partial charge is 3.00 e. The summed E-state index contributed by atoms with van der Waals surface area (Å²) in [6.07, 6.45) is 7.19. The molecule has 0 saturated heterocycles. The van der Waals surface area contributed by atoms with Crippen molar-refractivity contribution < 1.29 is 24.9 Å². The summed E-state index contributed by atoms with van der Waals surface area (Å²) in [7, 11) is 0. The Morgan fingerprint density at radius 2 is 1.03 bits per heavy atom. The number of hydrogen-bond donors (Lipinski definition) is 0. The van der Waals surface area contributed by atoms with Gasteiger partial charge < -0.3 is 24.7 Å². The molecule has 6 heteroatoms. The first-order valence-electron chi connectivity index (χ1n) is 13.0. The van der Waals surface area contributed by atoms with Gasteiger partial charge in [0, 0.05) is 19.1 Å². The maximum Gasteiger partial charge on any atom is 3.00 e. The van der Waals surface area contributed by atoms with Crippen LogP contribution in [0.3, 0.4) is 0 Å². The molecular weight excluding hydrogens is 661 g/mol. The Morgan fingerprint density at radius 1 is 0.667 bits per heavy atom. The van der Waals surface area contributed by atoms with Crippen LogP contribution in [0, 0.1) is 12.7 Å². The van der Waals surface area contributed by atoms with Crippen molar-refractivity contribution in [3.05, 3.63) is 96.8 Å². The molecule has 2 aromatic heterocycles. The van der Waals surface area contributed by atoms with Crippen molar-refractivity contribution in [3.8, 4) is 22.5 Å². The predicted octanol–water partition coefficient (Wildman–Crippen LogP) is 7.86. The molecule has 0 unspecified atom stereocenters. The first kappa shape index (κ1) is 33.9. The summed E-state index contributed by atoms with van der Waals surface area (Å²) in [5.41, 5.74) is 6.16. The predicted molar refractivity (Wildman–Crippen MR) is 156 cm³/mol. The Labute approximate surface area is 248 Å². The van der Waals surface area contributed by atoms with Gasteiger partial charge in [0.05, 0.1) is 0 Å². The van der Waals surface area contributed by atoms with Crippen LogP contribution in [0.5, 0.6) is 0 Å². The molecule has 2 heterocycles. The number of Topliss-reactive ketones (excluding diaryl/α,β-unsaturated/α-hetero) is 1. The van der Waals surface area contributed by atoms with E-state index in [4.69, 9.17) is 0 Å². The second-order valence-electron chi connectivity index (χ2n) is 11.2. The Bertz CT molecular complexity index is 1170. The van der Waals surface area contributed by atoms with Gasteiger partial charge in [0.15, 0.2) is 0 Å². The number of hydrogen-bond acceptors (Lipinski definition) is 5. The van der Waals surface area contributed by atoms with Crippen LogP contribution in [0.2, 0.25) is 0 Å². The summed E-state index contributed by atoms with van der Waals surface area (Å²) in [5, 5.41) is 0. The van der Waals surface area contributed by atoms with Crippen molar-refractivity contribution in [2.24, 2.45) is 0 Å². The van der Waals surface area contributed by atoms with E-state index in [2.05, 4.69) is 74.1 Å². The van der Waals surface area contributed by atoms with E-state index >= 15 is 0 Å². The molecule has 0 saturated carbocycles. The maximum absolute atomic E-state index is 10.0. The average Bonchev–Trinajstić information content (AvgIpc) is 2.90. The molecule has 0 radical (unpaired) electrons. The Kier molecular flexibility index (Phi) is 14.0. The molecule has 39 heavy (non-hydrogen) atoms. The van der Waals surface area contributed by atoms with Gasteiger partial charge in [-0.3, -0.25) is 0 Å². The number of rotatable bonds is 4. The number of benzene rings is 2. The molecular formula is C33H40IrN4O+. The van der Waals surface area contributed by atoms with Crippen LogP contribution in [0.25, 0.3) is 22.5 Å². The molecule has 0 aliphatic rings. The van der Waals surface area contributed by atoms with Crippen molar-refractivity contribution in [1.82, 2.24) is 19.9 Å². The molecule has 2 aromatic carbocycles. The molecule has 0 atom stereocenters. The second-order valence-corrected chi connectivity index (χ2v) is 11.2. The molecule has 0 aliphatic carbocycles. The molecule has 0 amide bonds. The SMILES string of the molecule is CC(C)(C)c1cc(-c2ccccc2)n[c-]n1.CC(C)(C)c1cc(-c2ccccc2)n[c-]n1.CCCC(C)=O.[Ir+3]. The summed E-state index contributed by atoms with van der Waals surface area (Å²) in [5.74, 6) is 0.289. The van der Waals surface area contributed by atoms with Gasteiger partial charge in [-0.1, -0.05) is 132 Å². The fraction of sp³-hybridized carbons (Fsp3) is 0.364. The topological polar surface area (TPSA) is 68.6 Å². The van der Waals surface area contributed by atoms with Gasteiger partial charge in [-0.15, -0.1) is 12.1 Å². The molecule has 0 N–H and O–H groups in total. The molecule has 0 bridgehead atoms. The fourth-order valence-electron chi connectivity index (χ4n) is 3.29.